The number of carboxylic acid groups (broad SMARTS) is 1. The molecule has 2 N–H and O–H groups in total. The molecule has 1 atom stereocenters. The molecule has 6 nitrogen and oxygen atoms in total. The molecule has 0 spiro atoms. The van der Waals surface area contributed by atoms with E-state index in [2.05, 4.69) is 5.32 Å². The Morgan fingerprint density at radius 3 is 2.52 bits per heavy atom. The highest BCUT2D eigenvalue weighted by Gasteiger charge is 2.21. The third-order valence-electron chi connectivity index (χ3n) is 5.18. The van der Waals surface area contributed by atoms with Gasteiger partial charge < -0.3 is 15.3 Å². The van der Waals surface area contributed by atoms with Crippen molar-refractivity contribution in [2.24, 2.45) is 5.92 Å². The van der Waals surface area contributed by atoms with Crippen molar-refractivity contribution < 1.29 is 19.5 Å². The third-order valence-corrected chi connectivity index (χ3v) is 5.18. The molecule has 2 aromatic rings. The summed E-state index contributed by atoms with van der Waals surface area (Å²) < 4.78 is 0. The van der Waals surface area contributed by atoms with Gasteiger partial charge in [0, 0.05) is 31.6 Å². The second kappa shape index (κ2) is 9.37. The molecule has 152 valence electrons. The van der Waals surface area contributed by atoms with Gasteiger partial charge in [0.05, 0.1) is 5.92 Å². The van der Waals surface area contributed by atoms with E-state index >= 15 is 0 Å². The van der Waals surface area contributed by atoms with Gasteiger partial charge in [-0.2, -0.15) is 0 Å². The molecule has 1 aliphatic rings. The van der Waals surface area contributed by atoms with E-state index in [1.54, 1.807) is 12.1 Å². The maximum absolute atomic E-state index is 12.4. The predicted octanol–water partition coefficient (Wildman–Crippen LogP) is 2.79. The van der Waals surface area contributed by atoms with Gasteiger partial charge in [-0.25, -0.2) is 0 Å². The summed E-state index contributed by atoms with van der Waals surface area (Å²) in [5, 5.41) is 12.2. The van der Waals surface area contributed by atoms with Crippen LogP contribution in [0, 0.1) is 12.8 Å². The third kappa shape index (κ3) is 5.67. The van der Waals surface area contributed by atoms with Crippen LogP contribution in [0.4, 0.5) is 0 Å². The van der Waals surface area contributed by atoms with Crippen molar-refractivity contribution in [2.45, 2.75) is 32.7 Å². The van der Waals surface area contributed by atoms with E-state index in [4.69, 9.17) is 0 Å². The van der Waals surface area contributed by atoms with E-state index < -0.39 is 11.9 Å². The highest BCUT2D eigenvalue weighted by atomic mass is 16.4. The molecule has 1 aliphatic heterocycles. The molecule has 1 saturated heterocycles. The first kappa shape index (κ1) is 20.6. The summed E-state index contributed by atoms with van der Waals surface area (Å²) in [5.74, 6) is -1.76. The van der Waals surface area contributed by atoms with Crippen LogP contribution in [0.5, 0.6) is 0 Å². The molecule has 1 unspecified atom stereocenters. The van der Waals surface area contributed by atoms with Gasteiger partial charge in [-0.05, 0) is 43.0 Å². The second-order valence-electron chi connectivity index (χ2n) is 7.55. The molecule has 0 saturated carbocycles. The molecule has 29 heavy (non-hydrogen) atoms. The monoisotopic (exact) mass is 394 g/mol. The predicted molar refractivity (Wildman–Crippen MR) is 109 cm³/mol. The molecule has 0 radical (unpaired) electrons. The molecule has 2 amide bonds. The number of benzene rings is 2. The Morgan fingerprint density at radius 1 is 1.14 bits per heavy atom. The lowest BCUT2D eigenvalue weighted by Gasteiger charge is -2.16. The number of hydrogen-bond donors (Lipinski definition) is 2. The van der Waals surface area contributed by atoms with Gasteiger partial charge in [0.25, 0.3) is 5.91 Å². The van der Waals surface area contributed by atoms with Gasteiger partial charge >= 0.3 is 5.97 Å². The number of rotatable bonds is 8. The smallest absolute Gasteiger partial charge is 0.308 e. The Kier molecular flexibility index (Phi) is 6.65. The number of amides is 2. The molecule has 0 aliphatic carbocycles. The van der Waals surface area contributed by atoms with Crippen LogP contribution in [0.2, 0.25) is 0 Å². The minimum Gasteiger partial charge on any atom is -0.481 e. The zero-order chi connectivity index (χ0) is 20.8. The fourth-order valence-electron chi connectivity index (χ4n) is 3.54. The standard InChI is InChI=1S/C23H26N2O4/c1-16-4-2-5-18(12-16)13-20(23(28)29)14-24-22(27)19-9-7-17(8-10-19)15-25-11-3-6-21(25)26/h2,4-5,7-10,12,20H,3,6,11,13-15H2,1H3,(H,24,27)(H,28,29). The number of carbonyl (C=O) groups is 3. The summed E-state index contributed by atoms with van der Waals surface area (Å²) in [5.41, 5.74) is 3.46. The van der Waals surface area contributed by atoms with Gasteiger partial charge in [-0.3, -0.25) is 14.4 Å². The Labute approximate surface area is 170 Å². The number of carboxylic acids is 1. The normalized spacial score (nSPS) is 14.7. The molecule has 0 aromatic heterocycles. The highest BCUT2D eigenvalue weighted by molar-refractivity contribution is 5.94. The molecule has 1 fully saturated rings. The van der Waals surface area contributed by atoms with Crippen LogP contribution in [0.15, 0.2) is 48.5 Å². The summed E-state index contributed by atoms with van der Waals surface area (Å²) in [6.45, 7) is 3.35. The first-order valence-electron chi connectivity index (χ1n) is 9.85. The summed E-state index contributed by atoms with van der Waals surface area (Å²) in [6.07, 6.45) is 1.86. The van der Waals surface area contributed by atoms with Crippen LogP contribution in [-0.4, -0.2) is 40.9 Å². The number of carbonyl (C=O) groups excluding carboxylic acids is 2. The zero-order valence-corrected chi connectivity index (χ0v) is 16.6. The first-order chi connectivity index (χ1) is 13.9. The van der Waals surface area contributed by atoms with Crippen LogP contribution in [-0.2, 0) is 22.6 Å². The maximum atomic E-state index is 12.4. The van der Waals surface area contributed by atoms with Crippen LogP contribution < -0.4 is 5.32 Å². The quantitative estimate of drug-likeness (QED) is 0.721. The van der Waals surface area contributed by atoms with Gasteiger partial charge in [-0.15, -0.1) is 0 Å². The van der Waals surface area contributed by atoms with E-state index in [1.807, 2.05) is 48.2 Å². The van der Waals surface area contributed by atoms with Crippen molar-refractivity contribution in [2.75, 3.05) is 13.1 Å². The van der Waals surface area contributed by atoms with E-state index in [-0.39, 0.29) is 18.4 Å². The molecule has 2 aromatic carbocycles. The van der Waals surface area contributed by atoms with Crippen LogP contribution in [0.3, 0.4) is 0 Å². The Morgan fingerprint density at radius 2 is 1.90 bits per heavy atom. The minimum absolute atomic E-state index is 0.0616. The molecular weight excluding hydrogens is 368 g/mol. The van der Waals surface area contributed by atoms with E-state index in [1.165, 1.54) is 0 Å². The number of aryl methyl sites for hydroxylation is 1. The Hall–Kier alpha value is -3.15. The topological polar surface area (TPSA) is 86.7 Å². The first-order valence-corrected chi connectivity index (χ1v) is 9.85. The number of nitrogens with zero attached hydrogens (tertiary/aromatic N) is 1. The number of aliphatic carboxylic acids is 1. The van der Waals surface area contributed by atoms with Crippen LogP contribution in [0.25, 0.3) is 0 Å². The van der Waals surface area contributed by atoms with Crippen molar-refractivity contribution >= 4 is 17.8 Å². The van der Waals surface area contributed by atoms with Crippen molar-refractivity contribution in [3.8, 4) is 0 Å². The summed E-state index contributed by atoms with van der Waals surface area (Å²) in [4.78, 5) is 37.5. The lowest BCUT2D eigenvalue weighted by molar-refractivity contribution is -0.141. The lowest BCUT2D eigenvalue weighted by Crippen LogP contribution is -2.34. The van der Waals surface area contributed by atoms with Gasteiger partial charge in [0.15, 0.2) is 0 Å². The number of hydrogen-bond acceptors (Lipinski definition) is 3. The molecule has 3 rings (SSSR count). The van der Waals surface area contributed by atoms with E-state index in [0.717, 1.165) is 29.7 Å². The SMILES string of the molecule is Cc1cccc(CC(CNC(=O)c2ccc(CN3CCCC3=O)cc2)C(=O)O)c1. The average Bonchev–Trinajstić information content (AvgIpc) is 3.10. The number of nitrogens with one attached hydrogen (secondary N) is 1. The molecule has 1 heterocycles. The van der Waals surface area contributed by atoms with Crippen LogP contribution in [0.1, 0.15) is 39.9 Å². The Bertz CT molecular complexity index is 892. The van der Waals surface area contributed by atoms with Crippen molar-refractivity contribution in [3.05, 3.63) is 70.8 Å². The second-order valence-corrected chi connectivity index (χ2v) is 7.55. The van der Waals surface area contributed by atoms with Gasteiger partial charge in [0.2, 0.25) is 5.91 Å². The molecular formula is C23H26N2O4. The molecule has 6 heteroatoms. The van der Waals surface area contributed by atoms with Crippen LogP contribution >= 0.6 is 0 Å². The summed E-state index contributed by atoms with van der Waals surface area (Å²) in [6, 6.07) is 14.8. The van der Waals surface area contributed by atoms with Crippen molar-refractivity contribution in [1.82, 2.24) is 10.2 Å². The largest absolute Gasteiger partial charge is 0.481 e. The van der Waals surface area contributed by atoms with E-state index in [0.29, 0.717) is 24.9 Å². The average molecular weight is 394 g/mol. The fourth-order valence-corrected chi connectivity index (χ4v) is 3.54. The minimum atomic E-state index is -0.933. The number of likely N-dealkylation sites (tertiary alicyclic amines) is 1. The summed E-state index contributed by atoms with van der Waals surface area (Å²) >= 11 is 0. The van der Waals surface area contributed by atoms with Crippen molar-refractivity contribution in [1.29, 1.82) is 0 Å². The fraction of sp³-hybridized carbons (Fsp3) is 0.348. The Balaban J connectivity index is 1.55. The lowest BCUT2D eigenvalue weighted by atomic mass is 9.98. The zero-order valence-electron chi connectivity index (χ0n) is 16.6. The van der Waals surface area contributed by atoms with Crippen molar-refractivity contribution in [3.63, 3.8) is 0 Å². The van der Waals surface area contributed by atoms with Gasteiger partial charge in [0.1, 0.15) is 0 Å². The van der Waals surface area contributed by atoms with E-state index in [9.17, 15) is 19.5 Å². The summed E-state index contributed by atoms with van der Waals surface area (Å²) in [7, 11) is 0. The highest BCUT2D eigenvalue weighted by Crippen LogP contribution is 2.15. The maximum Gasteiger partial charge on any atom is 0.308 e. The molecule has 0 bridgehead atoms. The van der Waals surface area contributed by atoms with Gasteiger partial charge in [-0.1, -0.05) is 42.0 Å².